The Morgan fingerprint density at radius 3 is 2.78 bits per heavy atom. The summed E-state index contributed by atoms with van der Waals surface area (Å²) in [5.41, 5.74) is 5.59. The molecule has 1 aliphatic heterocycles. The lowest BCUT2D eigenvalue weighted by atomic mass is 10.3. The minimum Gasteiger partial charge on any atom is -0.464 e. The summed E-state index contributed by atoms with van der Waals surface area (Å²) in [5.74, 6) is 0.500. The maximum absolute atomic E-state index is 11.6. The van der Waals surface area contributed by atoms with E-state index in [0.717, 1.165) is 0 Å². The first-order valence-electron chi connectivity index (χ1n) is 5.73. The number of rotatable bonds is 3. The van der Waals surface area contributed by atoms with E-state index < -0.39 is 0 Å². The summed E-state index contributed by atoms with van der Waals surface area (Å²) in [6, 6.07) is 0.186. The topological polar surface area (TPSA) is 97.5 Å². The van der Waals surface area contributed by atoms with Gasteiger partial charge in [0.1, 0.15) is 0 Å². The number of likely N-dealkylation sites (N-methyl/N-ethyl adjacent to an activating group) is 1. The van der Waals surface area contributed by atoms with Crippen LogP contribution in [0.1, 0.15) is 6.92 Å². The molecule has 98 valence electrons. The highest BCUT2D eigenvalue weighted by molar-refractivity contribution is 5.81. The number of hydrogen-bond donors (Lipinski definition) is 1. The molecule has 0 spiro atoms. The Morgan fingerprint density at radius 2 is 2.11 bits per heavy atom. The van der Waals surface area contributed by atoms with Gasteiger partial charge in [-0.2, -0.15) is 15.0 Å². The van der Waals surface area contributed by atoms with E-state index in [4.69, 9.17) is 10.5 Å². The second kappa shape index (κ2) is 5.03. The smallest absolute Gasteiger partial charge is 0.323 e. The molecule has 8 heteroatoms. The molecule has 1 saturated heterocycles. The number of hydrogen-bond acceptors (Lipinski definition) is 7. The molecule has 0 saturated carbocycles. The van der Waals surface area contributed by atoms with Crippen LogP contribution in [0.4, 0.5) is 11.9 Å². The molecule has 0 bridgehead atoms. The largest absolute Gasteiger partial charge is 0.464 e. The quantitative estimate of drug-likeness (QED) is 0.746. The zero-order valence-electron chi connectivity index (χ0n) is 10.5. The summed E-state index contributed by atoms with van der Waals surface area (Å²) in [5, 5.41) is 0. The van der Waals surface area contributed by atoms with Gasteiger partial charge in [-0.3, -0.25) is 4.79 Å². The third kappa shape index (κ3) is 2.58. The van der Waals surface area contributed by atoms with Crippen molar-refractivity contribution < 1.29 is 9.53 Å². The van der Waals surface area contributed by atoms with Crippen LogP contribution < -0.4 is 15.4 Å². The maximum atomic E-state index is 11.6. The number of ether oxygens (including phenoxy) is 1. The summed E-state index contributed by atoms with van der Waals surface area (Å²) in [7, 11) is 1.77. The first-order chi connectivity index (χ1) is 8.60. The van der Waals surface area contributed by atoms with E-state index in [0.29, 0.717) is 25.6 Å². The van der Waals surface area contributed by atoms with E-state index in [1.807, 2.05) is 6.92 Å². The highest BCUT2D eigenvalue weighted by Gasteiger charge is 2.23. The standard InChI is InChI=1S/C10H16N6O2/c1-3-18-10-13-8(11)12-9(14-10)16-5-4-15(2)7(17)6-16/h3-6H2,1-2H3,(H2,11,12,13,14). The molecule has 0 unspecified atom stereocenters. The fourth-order valence-corrected chi connectivity index (χ4v) is 1.63. The van der Waals surface area contributed by atoms with Crippen molar-refractivity contribution in [2.24, 2.45) is 0 Å². The molecule has 2 rings (SSSR count). The van der Waals surface area contributed by atoms with Gasteiger partial charge in [0.25, 0.3) is 0 Å². The molecule has 0 aliphatic carbocycles. The molecule has 0 atom stereocenters. The molecule has 1 aliphatic rings. The molecule has 8 nitrogen and oxygen atoms in total. The Balaban J connectivity index is 2.19. The molecular formula is C10H16N6O2. The van der Waals surface area contributed by atoms with Crippen molar-refractivity contribution >= 4 is 17.8 Å². The van der Waals surface area contributed by atoms with Crippen LogP contribution in [0.25, 0.3) is 0 Å². The number of nitrogens with zero attached hydrogens (tertiary/aromatic N) is 5. The number of aromatic nitrogens is 3. The van der Waals surface area contributed by atoms with Gasteiger partial charge < -0.3 is 20.3 Å². The summed E-state index contributed by atoms with van der Waals surface area (Å²) < 4.78 is 5.20. The van der Waals surface area contributed by atoms with E-state index in [2.05, 4.69) is 15.0 Å². The fourth-order valence-electron chi connectivity index (χ4n) is 1.63. The van der Waals surface area contributed by atoms with Crippen LogP contribution in [0.15, 0.2) is 0 Å². The highest BCUT2D eigenvalue weighted by atomic mass is 16.5. The first-order valence-corrected chi connectivity index (χ1v) is 5.73. The lowest BCUT2D eigenvalue weighted by Gasteiger charge is -2.31. The third-order valence-electron chi connectivity index (χ3n) is 2.63. The number of anilines is 2. The van der Waals surface area contributed by atoms with Crippen molar-refractivity contribution in [2.75, 3.05) is 43.9 Å². The van der Waals surface area contributed by atoms with Crippen molar-refractivity contribution in [2.45, 2.75) is 6.92 Å². The first kappa shape index (κ1) is 12.3. The van der Waals surface area contributed by atoms with Crippen LogP contribution in [-0.4, -0.2) is 59.0 Å². The fraction of sp³-hybridized carbons (Fsp3) is 0.600. The van der Waals surface area contributed by atoms with E-state index in [9.17, 15) is 4.79 Å². The average Bonchev–Trinajstić information content (AvgIpc) is 2.32. The van der Waals surface area contributed by atoms with Crippen LogP contribution >= 0.6 is 0 Å². The second-order valence-corrected chi connectivity index (χ2v) is 3.95. The Labute approximate surface area is 105 Å². The van der Waals surface area contributed by atoms with Gasteiger partial charge in [0, 0.05) is 20.1 Å². The van der Waals surface area contributed by atoms with E-state index >= 15 is 0 Å². The van der Waals surface area contributed by atoms with Crippen LogP contribution in [0.5, 0.6) is 6.01 Å². The van der Waals surface area contributed by atoms with Gasteiger partial charge in [-0.25, -0.2) is 0 Å². The Kier molecular flexibility index (Phi) is 3.45. The van der Waals surface area contributed by atoms with Gasteiger partial charge >= 0.3 is 6.01 Å². The van der Waals surface area contributed by atoms with Gasteiger partial charge in [0.2, 0.25) is 17.8 Å². The van der Waals surface area contributed by atoms with Gasteiger partial charge in [-0.05, 0) is 6.92 Å². The van der Waals surface area contributed by atoms with E-state index in [-0.39, 0.29) is 24.4 Å². The van der Waals surface area contributed by atoms with Gasteiger partial charge in [-0.1, -0.05) is 0 Å². The molecule has 0 aromatic carbocycles. The SMILES string of the molecule is CCOc1nc(N)nc(N2CCN(C)C(=O)C2)n1. The molecular weight excluding hydrogens is 236 g/mol. The van der Waals surface area contributed by atoms with Gasteiger partial charge in [0.05, 0.1) is 13.2 Å². The van der Waals surface area contributed by atoms with Crippen molar-refractivity contribution in [3.05, 3.63) is 0 Å². The lowest BCUT2D eigenvalue weighted by Crippen LogP contribution is -2.49. The predicted octanol–water partition coefficient (Wildman–Crippen LogP) is -0.869. The van der Waals surface area contributed by atoms with Crippen molar-refractivity contribution in [1.29, 1.82) is 0 Å². The lowest BCUT2D eigenvalue weighted by molar-refractivity contribution is -0.129. The van der Waals surface area contributed by atoms with Crippen LogP contribution in [-0.2, 0) is 4.79 Å². The van der Waals surface area contributed by atoms with Crippen LogP contribution in [0, 0.1) is 0 Å². The van der Waals surface area contributed by atoms with E-state index in [1.165, 1.54) is 0 Å². The molecule has 2 N–H and O–H groups in total. The summed E-state index contributed by atoms with van der Waals surface area (Å²) >= 11 is 0. The highest BCUT2D eigenvalue weighted by Crippen LogP contribution is 2.15. The Bertz CT molecular complexity index is 452. The second-order valence-electron chi connectivity index (χ2n) is 3.95. The van der Waals surface area contributed by atoms with Crippen molar-refractivity contribution in [3.8, 4) is 6.01 Å². The Morgan fingerprint density at radius 1 is 1.33 bits per heavy atom. The molecule has 18 heavy (non-hydrogen) atoms. The monoisotopic (exact) mass is 252 g/mol. The Hall–Kier alpha value is -2.12. The van der Waals surface area contributed by atoms with E-state index in [1.54, 1.807) is 16.8 Å². The number of nitrogen functional groups attached to an aromatic ring is 1. The summed E-state index contributed by atoms with van der Waals surface area (Å²) in [4.78, 5) is 27.1. The number of carbonyl (C=O) groups is 1. The molecule has 1 aromatic rings. The van der Waals surface area contributed by atoms with Gasteiger partial charge in [-0.15, -0.1) is 0 Å². The molecule has 0 radical (unpaired) electrons. The summed E-state index contributed by atoms with van der Waals surface area (Å²) in [6.07, 6.45) is 0. The van der Waals surface area contributed by atoms with Crippen molar-refractivity contribution in [1.82, 2.24) is 19.9 Å². The van der Waals surface area contributed by atoms with Gasteiger partial charge in [0.15, 0.2) is 0 Å². The van der Waals surface area contributed by atoms with Crippen LogP contribution in [0.2, 0.25) is 0 Å². The van der Waals surface area contributed by atoms with Crippen molar-refractivity contribution in [3.63, 3.8) is 0 Å². The number of carbonyl (C=O) groups excluding carboxylic acids is 1. The number of nitrogens with two attached hydrogens (primary N) is 1. The van der Waals surface area contributed by atoms with Crippen LogP contribution in [0.3, 0.4) is 0 Å². The molecule has 2 heterocycles. The third-order valence-corrected chi connectivity index (χ3v) is 2.63. The average molecular weight is 252 g/mol. The maximum Gasteiger partial charge on any atom is 0.323 e. The normalized spacial score (nSPS) is 16.0. The predicted molar refractivity (Wildman–Crippen MR) is 65.3 cm³/mol. The minimum atomic E-state index is 0.0261. The summed E-state index contributed by atoms with van der Waals surface area (Å²) in [6.45, 7) is 3.82. The zero-order chi connectivity index (χ0) is 13.1. The number of amides is 1. The minimum absolute atomic E-state index is 0.0261. The molecule has 1 aromatic heterocycles. The number of piperazine rings is 1. The molecule has 1 fully saturated rings. The molecule has 1 amide bonds. The zero-order valence-corrected chi connectivity index (χ0v) is 10.5.